The fourth-order valence-electron chi connectivity index (χ4n) is 3.67. The fourth-order valence-corrected chi connectivity index (χ4v) is 3.67. The third-order valence-corrected chi connectivity index (χ3v) is 5.19. The lowest BCUT2D eigenvalue weighted by molar-refractivity contribution is -0.122. The zero-order chi connectivity index (χ0) is 15.1. The standard InChI is InChI=1S/C16H24N4O2/c1-11-15-17-8-14(9-18-16(21)12-2-3-12)20(15)6-5-19(11)13-4-7-22-10-13/h8,11-13H,2-7,9-10H2,1H3,(H,18,21)/t11-,13+/m1/s1. The van der Waals surface area contributed by atoms with Gasteiger partial charge in [-0.05, 0) is 26.2 Å². The first-order valence-corrected chi connectivity index (χ1v) is 8.39. The average molecular weight is 304 g/mol. The minimum absolute atomic E-state index is 0.198. The predicted molar refractivity (Wildman–Crippen MR) is 81.1 cm³/mol. The first-order chi connectivity index (χ1) is 10.7. The third kappa shape index (κ3) is 2.54. The first-order valence-electron chi connectivity index (χ1n) is 8.39. The number of ether oxygens (including phenoxy) is 1. The number of hydrogen-bond donors (Lipinski definition) is 1. The maximum Gasteiger partial charge on any atom is 0.223 e. The summed E-state index contributed by atoms with van der Waals surface area (Å²) in [5.41, 5.74) is 1.12. The largest absolute Gasteiger partial charge is 0.380 e. The molecule has 0 radical (unpaired) electrons. The van der Waals surface area contributed by atoms with Crippen LogP contribution in [-0.4, -0.2) is 46.2 Å². The summed E-state index contributed by atoms with van der Waals surface area (Å²) >= 11 is 0. The lowest BCUT2D eigenvalue weighted by Crippen LogP contribution is -2.44. The molecule has 0 spiro atoms. The van der Waals surface area contributed by atoms with Gasteiger partial charge in [-0.3, -0.25) is 9.69 Å². The normalized spacial score (nSPS) is 28.6. The summed E-state index contributed by atoms with van der Waals surface area (Å²) in [5, 5.41) is 3.04. The molecule has 1 saturated heterocycles. The Hall–Kier alpha value is -1.40. The van der Waals surface area contributed by atoms with Gasteiger partial charge in [-0.25, -0.2) is 4.98 Å². The number of nitrogens with one attached hydrogen (secondary N) is 1. The van der Waals surface area contributed by atoms with E-state index in [0.29, 0.717) is 18.6 Å². The van der Waals surface area contributed by atoms with Gasteiger partial charge in [0.1, 0.15) is 5.82 Å². The van der Waals surface area contributed by atoms with Crippen LogP contribution in [0.1, 0.15) is 43.7 Å². The number of carbonyl (C=O) groups is 1. The minimum atomic E-state index is 0.198. The Morgan fingerprint density at radius 1 is 1.41 bits per heavy atom. The van der Waals surface area contributed by atoms with Gasteiger partial charge in [0, 0.05) is 31.7 Å². The van der Waals surface area contributed by atoms with Crippen molar-refractivity contribution in [1.82, 2.24) is 19.8 Å². The molecule has 1 aromatic heterocycles. The van der Waals surface area contributed by atoms with E-state index in [1.807, 2.05) is 6.20 Å². The molecule has 22 heavy (non-hydrogen) atoms. The molecule has 4 rings (SSSR count). The SMILES string of the molecule is C[C@@H]1c2ncc(CNC(=O)C3CC3)n2CCN1[C@H]1CCOC1. The second-order valence-corrected chi connectivity index (χ2v) is 6.68. The molecule has 6 nitrogen and oxygen atoms in total. The number of hydrogen-bond acceptors (Lipinski definition) is 4. The molecule has 3 aliphatic rings. The van der Waals surface area contributed by atoms with Crippen LogP contribution in [0.15, 0.2) is 6.20 Å². The van der Waals surface area contributed by atoms with Crippen LogP contribution in [0.5, 0.6) is 0 Å². The van der Waals surface area contributed by atoms with Crippen LogP contribution in [0.3, 0.4) is 0 Å². The number of aromatic nitrogens is 2. The van der Waals surface area contributed by atoms with E-state index in [-0.39, 0.29) is 11.8 Å². The highest BCUT2D eigenvalue weighted by atomic mass is 16.5. The van der Waals surface area contributed by atoms with Crippen LogP contribution in [0.25, 0.3) is 0 Å². The summed E-state index contributed by atoms with van der Waals surface area (Å²) in [4.78, 5) is 18.9. The zero-order valence-electron chi connectivity index (χ0n) is 13.1. The van der Waals surface area contributed by atoms with Crippen LogP contribution in [0.2, 0.25) is 0 Å². The number of amides is 1. The maximum atomic E-state index is 11.8. The second kappa shape index (κ2) is 5.66. The molecule has 1 amide bonds. The van der Waals surface area contributed by atoms with E-state index in [1.165, 1.54) is 0 Å². The van der Waals surface area contributed by atoms with Crippen molar-refractivity contribution in [2.45, 2.75) is 51.4 Å². The van der Waals surface area contributed by atoms with Crippen LogP contribution in [-0.2, 0) is 22.6 Å². The van der Waals surface area contributed by atoms with Gasteiger partial charge >= 0.3 is 0 Å². The molecule has 1 aliphatic carbocycles. The van der Waals surface area contributed by atoms with Crippen LogP contribution < -0.4 is 5.32 Å². The van der Waals surface area contributed by atoms with E-state index in [4.69, 9.17) is 4.74 Å². The Labute approximate surface area is 130 Å². The van der Waals surface area contributed by atoms with E-state index >= 15 is 0 Å². The number of rotatable bonds is 4. The van der Waals surface area contributed by atoms with Gasteiger partial charge < -0.3 is 14.6 Å². The van der Waals surface area contributed by atoms with Gasteiger partial charge in [0.05, 0.1) is 31.1 Å². The molecule has 1 saturated carbocycles. The first kappa shape index (κ1) is 14.2. The van der Waals surface area contributed by atoms with E-state index in [0.717, 1.165) is 57.1 Å². The predicted octanol–water partition coefficient (Wildman–Crippen LogP) is 1.07. The van der Waals surface area contributed by atoms with Crippen LogP contribution >= 0.6 is 0 Å². The zero-order valence-corrected chi connectivity index (χ0v) is 13.1. The van der Waals surface area contributed by atoms with Crippen molar-refractivity contribution in [3.05, 3.63) is 17.7 Å². The van der Waals surface area contributed by atoms with Crippen LogP contribution in [0.4, 0.5) is 0 Å². The molecule has 2 atom stereocenters. The lowest BCUT2D eigenvalue weighted by atomic mass is 10.1. The fraction of sp³-hybridized carbons (Fsp3) is 0.750. The summed E-state index contributed by atoms with van der Waals surface area (Å²) < 4.78 is 7.81. The van der Waals surface area contributed by atoms with Crippen molar-refractivity contribution in [2.75, 3.05) is 19.8 Å². The van der Waals surface area contributed by atoms with Gasteiger partial charge in [-0.2, -0.15) is 0 Å². The Morgan fingerprint density at radius 2 is 2.27 bits per heavy atom. The molecule has 0 aromatic carbocycles. The Morgan fingerprint density at radius 3 is 3.00 bits per heavy atom. The Bertz CT molecular complexity index is 560. The van der Waals surface area contributed by atoms with Crippen molar-refractivity contribution in [2.24, 2.45) is 5.92 Å². The minimum Gasteiger partial charge on any atom is -0.380 e. The third-order valence-electron chi connectivity index (χ3n) is 5.19. The van der Waals surface area contributed by atoms with E-state index in [9.17, 15) is 4.79 Å². The number of nitrogens with zero attached hydrogens (tertiary/aromatic N) is 3. The highest BCUT2D eigenvalue weighted by molar-refractivity contribution is 5.80. The Balaban J connectivity index is 1.45. The topological polar surface area (TPSA) is 59.4 Å². The molecule has 3 heterocycles. The number of fused-ring (bicyclic) bond motifs is 1. The second-order valence-electron chi connectivity index (χ2n) is 6.68. The quantitative estimate of drug-likeness (QED) is 0.904. The lowest BCUT2D eigenvalue weighted by Gasteiger charge is -2.37. The summed E-state index contributed by atoms with van der Waals surface area (Å²) in [6.07, 6.45) is 5.14. The highest BCUT2D eigenvalue weighted by Crippen LogP contribution is 2.30. The van der Waals surface area contributed by atoms with Crippen molar-refractivity contribution < 1.29 is 9.53 Å². The molecular formula is C16H24N4O2. The smallest absolute Gasteiger partial charge is 0.223 e. The summed E-state index contributed by atoms with van der Waals surface area (Å²) in [7, 11) is 0. The van der Waals surface area contributed by atoms with Gasteiger partial charge in [-0.15, -0.1) is 0 Å². The Kier molecular flexibility index (Phi) is 3.66. The highest BCUT2D eigenvalue weighted by Gasteiger charge is 2.34. The average Bonchev–Trinajstić information content (AvgIpc) is 3.08. The molecule has 6 heteroatoms. The molecule has 1 N–H and O–H groups in total. The summed E-state index contributed by atoms with van der Waals surface area (Å²) in [5.74, 6) is 1.58. The van der Waals surface area contributed by atoms with Gasteiger partial charge in [0.2, 0.25) is 5.91 Å². The van der Waals surface area contributed by atoms with Crippen molar-refractivity contribution in [3.8, 4) is 0 Å². The van der Waals surface area contributed by atoms with Gasteiger partial charge in [0.25, 0.3) is 0 Å². The van der Waals surface area contributed by atoms with Crippen molar-refractivity contribution in [1.29, 1.82) is 0 Å². The van der Waals surface area contributed by atoms with Gasteiger partial charge in [-0.1, -0.05) is 0 Å². The molecule has 2 aliphatic heterocycles. The molecule has 120 valence electrons. The number of imidazole rings is 1. The molecule has 1 aromatic rings. The van der Waals surface area contributed by atoms with Crippen molar-refractivity contribution >= 4 is 5.91 Å². The van der Waals surface area contributed by atoms with E-state index in [2.05, 4.69) is 26.7 Å². The van der Waals surface area contributed by atoms with E-state index < -0.39 is 0 Å². The summed E-state index contributed by atoms with van der Waals surface area (Å²) in [6.45, 7) is 6.52. The molecule has 0 unspecified atom stereocenters. The monoisotopic (exact) mass is 304 g/mol. The van der Waals surface area contributed by atoms with Crippen LogP contribution in [0, 0.1) is 5.92 Å². The maximum absolute atomic E-state index is 11.8. The van der Waals surface area contributed by atoms with Crippen molar-refractivity contribution in [3.63, 3.8) is 0 Å². The molecule has 0 bridgehead atoms. The van der Waals surface area contributed by atoms with E-state index in [1.54, 1.807) is 0 Å². The number of carbonyl (C=O) groups excluding carboxylic acids is 1. The summed E-state index contributed by atoms with van der Waals surface area (Å²) in [6, 6.07) is 0.840. The molecular weight excluding hydrogens is 280 g/mol. The molecule has 2 fully saturated rings. The van der Waals surface area contributed by atoms with Gasteiger partial charge in [0.15, 0.2) is 0 Å².